The Labute approximate surface area is 231 Å². The zero-order valence-corrected chi connectivity index (χ0v) is 21.7. The lowest BCUT2D eigenvalue weighted by atomic mass is 9.97. The van der Waals surface area contributed by atoms with Gasteiger partial charge in [0.05, 0.1) is 31.1 Å². The Morgan fingerprint density at radius 2 is 1.48 bits per heavy atom. The molecule has 1 saturated heterocycles. The lowest BCUT2D eigenvalue weighted by Gasteiger charge is -2.36. The third-order valence-corrected chi connectivity index (χ3v) is 6.62. The van der Waals surface area contributed by atoms with Gasteiger partial charge in [-0.1, -0.05) is 72.8 Å². The second-order valence-electron chi connectivity index (χ2n) is 9.42. The highest BCUT2D eigenvalue weighted by molar-refractivity contribution is 5.87. The molecule has 1 fully saturated rings. The van der Waals surface area contributed by atoms with Crippen LogP contribution in [0.1, 0.15) is 51.8 Å². The van der Waals surface area contributed by atoms with E-state index in [0.29, 0.717) is 19.4 Å². The highest BCUT2D eigenvalue weighted by atomic mass is 19.1. The minimum atomic E-state index is -0.761. The van der Waals surface area contributed by atoms with Crippen molar-refractivity contribution in [2.75, 3.05) is 0 Å². The average Bonchev–Trinajstić information content (AvgIpc) is 3.00. The topological polar surface area (TPSA) is 84.2 Å². The normalized spacial score (nSPS) is 18.8. The van der Waals surface area contributed by atoms with Gasteiger partial charge >= 0.3 is 5.97 Å². The number of hydrogen-bond donors (Lipinski definition) is 0. The van der Waals surface area contributed by atoms with Gasteiger partial charge in [-0.25, -0.2) is 9.18 Å². The molecule has 4 aromatic rings. The maximum atomic E-state index is 13.6. The maximum Gasteiger partial charge on any atom is 0.375 e. The number of halogens is 1. The molecular weight excluding hydrogens is 515 g/mol. The number of benzene rings is 3. The first-order valence-electron chi connectivity index (χ1n) is 13.1. The van der Waals surface area contributed by atoms with E-state index in [2.05, 4.69) is 0 Å². The first kappa shape index (κ1) is 27.5. The van der Waals surface area contributed by atoms with Crippen LogP contribution in [0.5, 0.6) is 0 Å². The summed E-state index contributed by atoms with van der Waals surface area (Å²) in [5, 5.41) is 0. The second-order valence-corrected chi connectivity index (χ2v) is 9.42. The van der Waals surface area contributed by atoms with Crippen molar-refractivity contribution in [2.45, 2.75) is 51.2 Å². The molecule has 0 saturated carbocycles. The Bertz CT molecular complexity index is 1440. The molecule has 206 valence electrons. The summed E-state index contributed by atoms with van der Waals surface area (Å²) in [6.45, 7) is 0.223. The van der Waals surface area contributed by atoms with Gasteiger partial charge in [0, 0.05) is 12.5 Å². The summed E-state index contributed by atoms with van der Waals surface area (Å²) in [7, 11) is 0. The van der Waals surface area contributed by atoms with Crippen molar-refractivity contribution in [2.24, 2.45) is 0 Å². The molecule has 0 spiro atoms. The van der Waals surface area contributed by atoms with Gasteiger partial charge in [0.15, 0.2) is 11.7 Å². The fraction of sp³-hybridized carbons (Fsp3) is 0.250. The highest BCUT2D eigenvalue weighted by Gasteiger charge is 2.34. The van der Waals surface area contributed by atoms with Crippen LogP contribution in [0.2, 0.25) is 0 Å². The quantitative estimate of drug-likeness (QED) is 0.223. The zero-order valence-electron chi connectivity index (χ0n) is 21.7. The monoisotopic (exact) mass is 544 g/mol. The summed E-state index contributed by atoms with van der Waals surface area (Å²) < 4.78 is 42.8. The predicted molar refractivity (Wildman–Crippen MR) is 144 cm³/mol. The standard InChI is InChI=1S/C32H29FO7/c33-25-13-11-24(12-14-25)30-28(37-19-22-7-3-1-4-8-22)15-16-29(40-30)38-21-26-27(34)17-18-36-31(26)32(35)39-20-23-9-5-2-6-10-23/h1-14,17-18,28-30H,15-16,19-21H2. The van der Waals surface area contributed by atoms with Gasteiger partial charge in [0.1, 0.15) is 18.5 Å². The molecule has 0 aliphatic carbocycles. The highest BCUT2D eigenvalue weighted by Crippen LogP contribution is 2.35. The summed E-state index contributed by atoms with van der Waals surface area (Å²) in [6, 6.07) is 26.3. The Morgan fingerprint density at radius 1 is 0.800 bits per heavy atom. The first-order valence-corrected chi connectivity index (χ1v) is 13.1. The van der Waals surface area contributed by atoms with Crippen molar-refractivity contribution in [1.29, 1.82) is 0 Å². The van der Waals surface area contributed by atoms with Gasteiger partial charge in [0.2, 0.25) is 5.76 Å². The van der Waals surface area contributed by atoms with Crippen molar-refractivity contribution in [3.05, 3.63) is 141 Å². The van der Waals surface area contributed by atoms with E-state index in [1.54, 1.807) is 12.1 Å². The third-order valence-electron chi connectivity index (χ3n) is 6.62. The molecule has 2 heterocycles. The predicted octanol–water partition coefficient (Wildman–Crippen LogP) is 6.12. The van der Waals surface area contributed by atoms with Crippen LogP contribution in [0.25, 0.3) is 0 Å². The molecule has 0 radical (unpaired) electrons. The molecule has 3 aromatic carbocycles. The molecule has 5 rings (SSSR count). The minimum Gasteiger partial charge on any atom is -0.457 e. The van der Waals surface area contributed by atoms with Crippen LogP contribution in [0.15, 0.2) is 106 Å². The minimum absolute atomic E-state index is 0.0357. The first-order chi connectivity index (χ1) is 19.6. The van der Waals surface area contributed by atoms with Crippen LogP contribution in [0.3, 0.4) is 0 Å². The van der Waals surface area contributed by atoms with E-state index in [-0.39, 0.29) is 36.5 Å². The van der Waals surface area contributed by atoms with E-state index >= 15 is 0 Å². The SMILES string of the molecule is O=C(OCc1ccccc1)c1occc(=O)c1COC1CCC(OCc2ccccc2)C(c2ccc(F)cc2)O1. The maximum absolute atomic E-state index is 13.6. The lowest BCUT2D eigenvalue weighted by molar-refractivity contribution is -0.239. The lowest BCUT2D eigenvalue weighted by Crippen LogP contribution is -2.36. The third kappa shape index (κ3) is 7.09. The number of carbonyl (C=O) groups is 1. The number of rotatable bonds is 10. The van der Waals surface area contributed by atoms with E-state index in [1.165, 1.54) is 18.2 Å². The zero-order chi connectivity index (χ0) is 27.7. The Kier molecular flexibility index (Phi) is 9.13. The van der Waals surface area contributed by atoms with E-state index in [4.69, 9.17) is 23.4 Å². The molecule has 40 heavy (non-hydrogen) atoms. The van der Waals surface area contributed by atoms with Crippen LogP contribution in [-0.2, 0) is 38.8 Å². The van der Waals surface area contributed by atoms with Crippen molar-refractivity contribution >= 4 is 5.97 Å². The van der Waals surface area contributed by atoms with Crippen LogP contribution in [-0.4, -0.2) is 18.4 Å². The number of carbonyl (C=O) groups excluding carboxylic acids is 1. The van der Waals surface area contributed by atoms with Crippen LogP contribution in [0, 0.1) is 5.82 Å². The number of hydrogen-bond acceptors (Lipinski definition) is 7. The fourth-order valence-electron chi connectivity index (χ4n) is 4.51. The summed E-state index contributed by atoms with van der Waals surface area (Å²) in [5.74, 6) is -1.32. The summed E-state index contributed by atoms with van der Waals surface area (Å²) >= 11 is 0. The number of esters is 1. The van der Waals surface area contributed by atoms with Crippen molar-refractivity contribution in [3.63, 3.8) is 0 Å². The van der Waals surface area contributed by atoms with Crippen molar-refractivity contribution in [1.82, 2.24) is 0 Å². The van der Waals surface area contributed by atoms with Gasteiger partial charge in [-0.05, 0) is 35.2 Å². The summed E-state index contributed by atoms with van der Waals surface area (Å²) in [6.07, 6.45) is 0.736. The second kappa shape index (κ2) is 13.3. The molecule has 3 unspecified atom stereocenters. The van der Waals surface area contributed by atoms with E-state index in [1.807, 2.05) is 60.7 Å². The Morgan fingerprint density at radius 3 is 2.17 bits per heavy atom. The van der Waals surface area contributed by atoms with E-state index in [0.717, 1.165) is 23.0 Å². The van der Waals surface area contributed by atoms with Gasteiger partial charge in [-0.15, -0.1) is 0 Å². The summed E-state index contributed by atoms with van der Waals surface area (Å²) in [5.41, 5.74) is 2.22. The van der Waals surface area contributed by atoms with Gasteiger partial charge < -0.3 is 23.4 Å². The van der Waals surface area contributed by atoms with Gasteiger partial charge in [-0.3, -0.25) is 4.79 Å². The molecule has 7 nitrogen and oxygen atoms in total. The smallest absolute Gasteiger partial charge is 0.375 e. The molecule has 0 bridgehead atoms. The number of ether oxygens (including phenoxy) is 4. The van der Waals surface area contributed by atoms with Crippen molar-refractivity contribution < 1.29 is 32.5 Å². The van der Waals surface area contributed by atoms with Gasteiger partial charge in [0.25, 0.3) is 0 Å². The van der Waals surface area contributed by atoms with Gasteiger partial charge in [-0.2, -0.15) is 0 Å². The molecule has 1 aliphatic rings. The van der Waals surface area contributed by atoms with Crippen LogP contribution >= 0.6 is 0 Å². The molecule has 0 N–H and O–H groups in total. The molecular formula is C32H29FO7. The molecule has 0 amide bonds. The molecule has 1 aliphatic heterocycles. The van der Waals surface area contributed by atoms with E-state index in [9.17, 15) is 14.0 Å². The fourth-order valence-corrected chi connectivity index (χ4v) is 4.51. The molecule has 3 atom stereocenters. The Balaban J connectivity index is 1.26. The largest absolute Gasteiger partial charge is 0.457 e. The molecule has 8 heteroatoms. The van der Waals surface area contributed by atoms with Crippen LogP contribution in [0.4, 0.5) is 4.39 Å². The van der Waals surface area contributed by atoms with Crippen molar-refractivity contribution in [3.8, 4) is 0 Å². The van der Waals surface area contributed by atoms with E-state index < -0.39 is 23.8 Å². The van der Waals surface area contributed by atoms with Crippen LogP contribution < -0.4 is 5.43 Å². The average molecular weight is 545 g/mol. The Hall–Kier alpha value is -4.11. The molecule has 1 aromatic heterocycles. The summed E-state index contributed by atoms with van der Waals surface area (Å²) in [4.78, 5) is 25.4.